The Kier molecular flexibility index (Phi) is 5.28. The summed E-state index contributed by atoms with van der Waals surface area (Å²) in [6.07, 6.45) is 1.29. The van der Waals surface area contributed by atoms with Crippen molar-refractivity contribution < 1.29 is 10.2 Å². The predicted octanol–water partition coefficient (Wildman–Crippen LogP) is -2.01. The molecule has 0 atom stereocenters. The molecular formula is C10H16N4O4. The third kappa shape index (κ3) is 3.82. The van der Waals surface area contributed by atoms with Gasteiger partial charge >= 0.3 is 5.69 Å². The van der Waals surface area contributed by atoms with Crippen LogP contribution in [0, 0.1) is 6.92 Å². The Hall–Kier alpha value is -1.93. The number of hydrogen-bond acceptors (Lipinski definition) is 6. The highest BCUT2D eigenvalue weighted by Gasteiger charge is 2.04. The topological polar surface area (TPSA) is 122 Å². The van der Waals surface area contributed by atoms with Gasteiger partial charge in [0.15, 0.2) is 0 Å². The Balaban J connectivity index is 2.95. The van der Waals surface area contributed by atoms with Gasteiger partial charge in [-0.15, -0.1) is 0 Å². The Labute approximate surface area is 103 Å². The fourth-order valence-corrected chi connectivity index (χ4v) is 1.36. The van der Waals surface area contributed by atoms with Gasteiger partial charge in [0, 0.05) is 5.69 Å². The van der Waals surface area contributed by atoms with Crippen molar-refractivity contribution in [2.75, 3.05) is 26.3 Å². The molecule has 1 rings (SSSR count). The summed E-state index contributed by atoms with van der Waals surface area (Å²) >= 11 is 0. The van der Waals surface area contributed by atoms with Gasteiger partial charge in [0.05, 0.1) is 38.1 Å². The fraction of sp³-hybridized carbons (Fsp3) is 0.500. The Bertz CT molecular complexity index is 513. The Morgan fingerprint density at radius 1 is 1.22 bits per heavy atom. The van der Waals surface area contributed by atoms with Crippen LogP contribution < -0.4 is 11.2 Å². The van der Waals surface area contributed by atoms with Gasteiger partial charge in [0.25, 0.3) is 5.56 Å². The summed E-state index contributed by atoms with van der Waals surface area (Å²) in [5.74, 6) is 0. The minimum atomic E-state index is -0.572. The number of nitrogens with zero attached hydrogens (tertiary/aromatic N) is 2. The zero-order chi connectivity index (χ0) is 13.5. The third-order valence-corrected chi connectivity index (χ3v) is 2.24. The van der Waals surface area contributed by atoms with E-state index in [-0.39, 0.29) is 31.9 Å². The van der Waals surface area contributed by atoms with E-state index < -0.39 is 11.2 Å². The van der Waals surface area contributed by atoms with Crippen molar-refractivity contribution in [3.63, 3.8) is 0 Å². The first-order valence-corrected chi connectivity index (χ1v) is 5.42. The van der Waals surface area contributed by atoms with Crippen LogP contribution in [0.25, 0.3) is 0 Å². The molecule has 8 heteroatoms. The molecule has 0 amide bonds. The SMILES string of the molecule is Cc1[nH]c(=O)[nH]c(=O)c1/C=N\N(CCO)CCO. The maximum atomic E-state index is 11.5. The molecule has 0 aliphatic rings. The molecule has 0 saturated carbocycles. The Morgan fingerprint density at radius 3 is 2.33 bits per heavy atom. The van der Waals surface area contributed by atoms with Crippen molar-refractivity contribution in [3.8, 4) is 0 Å². The van der Waals surface area contributed by atoms with E-state index in [4.69, 9.17) is 10.2 Å². The maximum absolute atomic E-state index is 11.5. The van der Waals surface area contributed by atoms with Crippen molar-refractivity contribution in [2.24, 2.45) is 5.10 Å². The largest absolute Gasteiger partial charge is 0.394 e. The Morgan fingerprint density at radius 2 is 1.83 bits per heavy atom. The quantitative estimate of drug-likeness (QED) is 0.346. The van der Waals surface area contributed by atoms with Gasteiger partial charge in [-0.3, -0.25) is 14.8 Å². The van der Waals surface area contributed by atoms with E-state index in [1.807, 2.05) is 0 Å². The molecule has 1 aromatic heterocycles. The number of aliphatic hydroxyl groups is 2. The number of aryl methyl sites for hydroxylation is 1. The second-order valence-electron chi connectivity index (χ2n) is 3.59. The van der Waals surface area contributed by atoms with Gasteiger partial charge in [0.1, 0.15) is 0 Å². The summed E-state index contributed by atoms with van der Waals surface area (Å²) in [6.45, 7) is 1.85. The highest BCUT2D eigenvalue weighted by atomic mass is 16.3. The van der Waals surface area contributed by atoms with Crippen LogP contribution in [0.4, 0.5) is 0 Å². The zero-order valence-electron chi connectivity index (χ0n) is 10.0. The minimum Gasteiger partial charge on any atom is -0.394 e. The molecule has 4 N–H and O–H groups in total. The maximum Gasteiger partial charge on any atom is 0.325 e. The van der Waals surface area contributed by atoms with Crippen LogP contribution in [0.2, 0.25) is 0 Å². The van der Waals surface area contributed by atoms with Crippen LogP contribution >= 0.6 is 0 Å². The van der Waals surface area contributed by atoms with Crippen LogP contribution in [-0.2, 0) is 0 Å². The van der Waals surface area contributed by atoms with Crippen LogP contribution in [0.15, 0.2) is 14.7 Å². The molecule has 0 fully saturated rings. The van der Waals surface area contributed by atoms with Crippen molar-refractivity contribution >= 4 is 6.21 Å². The average molecular weight is 256 g/mol. The lowest BCUT2D eigenvalue weighted by Crippen LogP contribution is -2.28. The van der Waals surface area contributed by atoms with Gasteiger partial charge in [0.2, 0.25) is 0 Å². The van der Waals surface area contributed by atoms with Gasteiger partial charge in [-0.25, -0.2) is 4.79 Å². The molecule has 8 nitrogen and oxygen atoms in total. The normalized spacial score (nSPS) is 11.1. The smallest absolute Gasteiger partial charge is 0.325 e. The second-order valence-corrected chi connectivity index (χ2v) is 3.59. The molecule has 0 spiro atoms. The van der Waals surface area contributed by atoms with E-state index in [2.05, 4.69) is 15.1 Å². The first-order valence-electron chi connectivity index (χ1n) is 5.42. The molecule has 0 saturated heterocycles. The number of hydrazone groups is 1. The van der Waals surface area contributed by atoms with Crippen LogP contribution in [0.1, 0.15) is 11.3 Å². The summed E-state index contributed by atoms with van der Waals surface area (Å²) in [4.78, 5) is 27.0. The lowest BCUT2D eigenvalue weighted by atomic mass is 10.2. The summed E-state index contributed by atoms with van der Waals surface area (Å²) in [5, 5.41) is 23.0. The summed E-state index contributed by atoms with van der Waals surface area (Å²) in [5.41, 5.74) is -0.471. The van der Waals surface area contributed by atoms with Crippen molar-refractivity contribution in [1.29, 1.82) is 0 Å². The predicted molar refractivity (Wildman–Crippen MR) is 65.8 cm³/mol. The number of nitrogens with one attached hydrogen (secondary N) is 2. The summed E-state index contributed by atoms with van der Waals surface area (Å²) in [7, 11) is 0. The lowest BCUT2D eigenvalue weighted by Gasteiger charge is -2.15. The van der Waals surface area contributed by atoms with Gasteiger partial charge in [-0.05, 0) is 6.92 Å². The molecule has 0 unspecified atom stereocenters. The summed E-state index contributed by atoms with van der Waals surface area (Å²) < 4.78 is 0. The third-order valence-electron chi connectivity index (χ3n) is 2.24. The molecule has 1 aromatic rings. The van der Waals surface area contributed by atoms with Crippen LogP contribution in [-0.4, -0.2) is 57.7 Å². The first kappa shape index (κ1) is 14.1. The van der Waals surface area contributed by atoms with Crippen LogP contribution in [0.5, 0.6) is 0 Å². The van der Waals surface area contributed by atoms with E-state index in [9.17, 15) is 9.59 Å². The van der Waals surface area contributed by atoms with Crippen molar-refractivity contribution in [3.05, 3.63) is 32.1 Å². The number of aliphatic hydroxyl groups excluding tert-OH is 2. The molecule has 0 aromatic carbocycles. The highest BCUT2D eigenvalue weighted by Crippen LogP contribution is 1.93. The van der Waals surface area contributed by atoms with Crippen molar-refractivity contribution in [1.82, 2.24) is 15.0 Å². The molecule has 0 radical (unpaired) electrons. The average Bonchev–Trinajstić information content (AvgIpc) is 2.28. The molecule has 18 heavy (non-hydrogen) atoms. The highest BCUT2D eigenvalue weighted by molar-refractivity contribution is 5.79. The first-order chi connectivity index (χ1) is 8.58. The van der Waals surface area contributed by atoms with Gasteiger partial charge in [-0.1, -0.05) is 0 Å². The zero-order valence-corrected chi connectivity index (χ0v) is 10.0. The summed E-state index contributed by atoms with van der Waals surface area (Å²) in [6, 6.07) is 0. The molecule has 0 bridgehead atoms. The second kappa shape index (κ2) is 6.72. The van der Waals surface area contributed by atoms with Gasteiger partial charge in [-0.2, -0.15) is 5.10 Å². The molecule has 100 valence electrons. The standard InChI is InChI=1S/C10H16N4O4/c1-7-8(9(17)13-10(18)12-7)6-11-14(2-4-15)3-5-16/h6,15-16H,2-5H2,1H3,(H2,12,13,17,18)/b11-6-. The number of rotatable bonds is 6. The fourth-order valence-electron chi connectivity index (χ4n) is 1.36. The van der Waals surface area contributed by atoms with Gasteiger partial charge < -0.3 is 15.2 Å². The number of H-pyrrole nitrogens is 2. The van der Waals surface area contributed by atoms with Crippen LogP contribution in [0.3, 0.4) is 0 Å². The van der Waals surface area contributed by atoms with E-state index in [0.717, 1.165) is 0 Å². The van der Waals surface area contributed by atoms with E-state index >= 15 is 0 Å². The van der Waals surface area contributed by atoms with E-state index in [1.165, 1.54) is 11.2 Å². The minimum absolute atomic E-state index is 0.113. The molecule has 0 aliphatic carbocycles. The monoisotopic (exact) mass is 256 g/mol. The molecular weight excluding hydrogens is 240 g/mol. The molecule has 0 aliphatic heterocycles. The lowest BCUT2D eigenvalue weighted by molar-refractivity contribution is 0.166. The van der Waals surface area contributed by atoms with E-state index in [0.29, 0.717) is 5.69 Å². The number of aromatic nitrogens is 2. The number of aromatic amines is 2. The number of hydrogen-bond donors (Lipinski definition) is 4. The van der Waals surface area contributed by atoms with Crippen molar-refractivity contribution in [2.45, 2.75) is 6.92 Å². The molecule has 1 heterocycles. The van der Waals surface area contributed by atoms with E-state index in [1.54, 1.807) is 6.92 Å².